The van der Waals surface area contributed by atoms with Crippen molar-refractivity contribution in [2.24, 2.45) is 0 Å². The lowest BCUT2D eigenvalue weighted by Crippen LogP contribution is -2.58. The van der Waals surface area contributed by atoms with E-state index in [4.69, 9.17) is 9.47 Å². The predicted octanol–water partition coefficient (Wildman–Crippen LogP) is 4.07. The molecule has 0 bridgehead atoms. The first-order valence-corrected chi connectivity index (χ1v) is 10.8. The number of carbonyl (C=O) groups is 3. The fourth-order valence-corrected chi connectivity index (χ4v) is 4.14. The molecule has 1 N–H and O–H groups in total. The predicted molar refractivity (Wildman–Crippen MR) is 119 cm³/mol. The zero-order chi connectivity index (χ0) is 22.5. The van der Waals surface area contributed by atoms with Gasteiger partial charge in [0.25, 0.3) is 11.8 Å². The van der Waals surface area contributed by atoms with Gasteiger partial charge in [0.05, 0.1) is 7.11 Å². The fourth-order valence-electron chi connectivity index (χ4n) is 4.14. The summed E-state index contributed by atoms with van der Waals surface area (Å²) in [5, 5.41) is 2.31. The lowest BCUT2D eigenvalue weighted by Gasteiger charge is -2.35. The average molecular weight is 434 g/mol. The van der Waals surface area contributed by atoms with Gasteiger partial charge < -0.3 is 9.47 Å². The number of ether oxygens (including phenoxy) is 2. The van der Waals surface area contributed by atoms with Gasteiger partial charge in [-0.15, -0.1) is 0 Å². The molecule has 1 saturated heterocycles. The third-order valence-corrected chi connectivity index (χ3v) is 5.81. The summed E-state index contributed by atoms with van der Waals surface area (Å²) < 4.78 is 11.3. The third-order valence-electron chi connectivity index (χ3n) is 5.81. The van der Waals surface area contributed by atoms with Crippen LogP contribution < -0.4 is 14.8 Å². The molecule has 1 aliphatic carbocycles. The van der Waals surface area contributed by atoms with Crippen LogP contribution in [0.3, 0.4) is 0 Å². The Balaban J connectivity index is 1.55. The molecule has 2 aliphatic rings. The summed E-state index contributed by atoms with van der Waals surface area (Å²) in [6, 6.07) is 14.2. The Morgan fingerprint density at radius 2 is 1.75 bits per heavy atom. The quantitative estimate of drug-likeness (QED) is 0.547. The number of urea groups is 1. The summed E-state index contributed by atoms with van der Waals surface area (Å²) in [4.78, 5) is 39.0. The molecule has 7 nitrogen and oxygen atoms in total. The molecule has 1 aliphatic heterocycles. The van der Waals surface area contributed by atoms with Gasteiger partial charge in [0.1, 0.15) is 12.2 Å². The van der Waals surface area contributed by atoms with E-state index in [0.717, 1.165) is 37.7 Å². The van der Waals surface area contributed by atoms with Crippen LogP contribution in [0.1, 0.15) is 43.2 Å². The second-order valence-electron chi connectivity index (χ2n) is 7.97. The fraction of sp³-hybridized carbons (Fsp3) is 0.320. The first kappa shape index (κ1) is 21.6. The SMILES string of the molecule is COc1cc(/C=C2\C(=O)NC(=O)N(C3CCCCC3)C2=O)ccc1OCc1ccccc1. The molecule has 166 valence electrons. The Morgan fingerprint density at radius 1 is 1.00 bits per heavy atom. The van der Waals surface area contributed by atoms with Gasteiger partial charge in [0.2, 0.25) is 0 Å². The Kier molecular flexibility index (Phi) is 6.54. The number of imide groups is 2. The number of benzene rings is 2. The van der Waals surface area contributed by atoms with Crippen LogP contribution in [0, 0.1) is 0 Å². The first-order valence-electron chi connectivity index (χ1n) is 10.8. The number of carbonyl (C=O) groups excluding carboxylic acids is 3. The van der Waals surface area contributed by atoms with Crippen LogP contribution in [0.4, 0.5) is 4.79 Å². The van der Waals surface area contributed by atoms with Crippen molar-refractivity contribution in [3.8, 4) is 11.5 Å². The number of amides is 4. The number of barbiturate groups is 1. The van der Waals surface area contributed by atoms with E-state index < -0.39 is 17.8 Å². The van der Waals surface area contributed by atoms with Crippen molar-refractivity contribution in [3.63, 3.8) is 0 Å². The van der Waals surface area contributed by atoms with Crippen LogP contribution in [-0.4, -0.2) is 35.9 Å². The van der Waals surface area contributed by atoms with Gasteiger partial charge in [0.15, 0.2) is 11.5 Å². The monoisotopic (exact) mass is 434 g/mol. The van der Waals surface area contributed by atoms with Gasteiger partial charge in [-0.1, -0.05) is 55.7 Å². The lowest BCUT2D eigenvalue weighted by molar-refractivity contribution is -0.132. The minimum absolute atomic E-state index is 0.0600. The second-order valence-corrected chi connectivity index (χ2v) is 7.97. The molecule has 1 heterocycles. The minimum Gasteiger partial charge on any atom is -0.493 e. The zero-order valence-electron chi connectivity index (χ0n) is 18.0. The van der Waals surface area contributed by atoms with Crippen LogP contribution >= 0.6 is 0 Å². The third kappa shape index (κ3) is 4.66. The van der Waals surface area contributed by atoms with E-state index in [1.54, 1.807) is 18.2 Å². The number of rotatable bonds is 6. The minimum atomic E-state index is -0.685. The highest BCUT2D eigenvalue weighted by molar-refractivity contribution is 6.31. The van der Waals surface area contributed by atoms with Crippen molar-refractivity contribution in [2.75, 3.05) is 7.11 Å². The Bertz CT molecular complexity index is 1040. The number of hydrogen-bond donors (Lipinski definition) is 1. The van der Waals surface area contributed by atoms with Crippen molar-refractivity contribution in [1.29, 1.82) is 0 Å². The van der Waals surface area contributed by atoms with Crippen LogP contribution in [0.5, 0.6) is 11.5 Å². The van der Waals surface area contributed by atoms with Crippen molar-refractivity contribution >= 4 is 23.9 Å². The van der Waals surface area contributed by atoms with E-state index in [1.165, 1.54) is 18.1 Å². The number of nitrogens with one attached hydrogen (secondary N) is 1. The van der Waals surface area contributed by atoms with Crippen LogP contribution in [0.2, 0.25) is 0 Å². The Hall–Kier alpha value is -3.61. The summed E-state index contributed by atoms with van der Waals surface area (Å²) in [7, 11) is 1.53. The molecule has 2 aromatic rings. The molecule has 4 rings (SSSR count). The molecular formula is C25H26N2O5. The smallest absolute Gasteiger partial charge is 0.331 e. The molecule has 4 amide bonds. The summed E-state index contributed by atoms with van der Waals surface area (Å²) >= 11 is 0. The molecular weight excluding hydrogens is 408 g/mol. The average Bonchev–Trinajstić information content (AvgIpc) is 2.82. The van der Waals surface area contributed by atoms with Crippen LogP contribution in [-0.2, 0) is 16.2 Å². The molecule has 0 spiro atoms. The maximum atomic E-state index is 13.1. The van der Waals surface area contributed by atoms with Gasteiger partial charge in [-0.25, -0.2) is 4.79 Å². The van der Waals surface area contributed by atoms with E-state index >= 15 is 0 Å². The van der Waals surface area contributed by atoms with E-state index in [0.29, 0.717) is 23.7 Å². The molecule has 0 radical (unpaired) electrons. The molecule has 32 heavy (non-hydrogen) atoms. The number of methoxy groups -OCH3 is 1. The summed E-state index contributed by atoms with van der Waals surface area (Å²) in [6.07, 6.45) is 6.06. The highest BCUT2D eigenvalue weighted by Crippen LogP contribution is 2.31. The zero-order valence-corrected chi connectivity index (χ0v) is 18.0. The summed E-state index contributed by atoms with van der Waals surface area (Å²) in [5.74, 6) is -0.194. The number of nitrogens with zero attached hydrogens (tertiary/aromatic N) is 1. The van der Waals surface area contributed by atoms with Gasteiger partial charge in [-0.05, 0) is 42.2 Å². The van der Waals surface area contributed by atoms with Crippen molar-refractivity contribution in [1.82, 2.24) is 10.2 Å². The number of hydrogen-bond acceptors (Lipinski definition) is 5. The molecule has 0 atom stereocenters. The van der Waals surface area contributed by atoms with Crippen LogP contribution in [0.25, 0.3) is 6.08 Å². The second kappa shape index (κ2) is 9.68. The van der Waals surface area contributed by atoms with E-state index in [2.05, 4.69) is 5.32 Å². The molecule has 7 heteroatoms. The maximum Gasteiger partial charge on any atom is 0.331 e. The largest absolute Gasteiger partial charge is 0.493 e. The Morgan fingerprint density at radius 3 is 2.47 bits per heavy atom. The van der Waals surface area contributed by atoms with Gasteiger partial charge in [-0.2, -0.15) is 0 Å². The molecule has 2 aromatic carbocycles. The van der Waals surface area contributed by atoms with Crippen molar-refractivity contribution in [3.05, 3.63) is 65.2 Å². The van der Waals surface area contributed by atoms with Gasteiger partial charge >= 0.3 is 6.03 Å². The molecule has 0 aromatic heterocycles. The van der Waals surface area contributed by atoms with E-state index in [9.17, 15) is 14.4 Å². The summed E-state index contributed by atoms with van der Waals surface area (Å²) in [6.45, 7) is 0.386. The maximum absolute atomic E-state index is 13.1. The van der Waals surface area contributed by atoms with E-state index in [-0.39, 0.29) is 11.6 Å². The summed E-state index contributed by atoms with van der Waals surface area (Å²) in [5.41, 5.74) is 1.57. The highest BCUT2D eigenvalue weighted by atomic mass is 16.5. The van der Waals surface area contributed by atoms with E-state index in [1.807, 2.05) is 30.3 Å². The topological polar surface area (TPSA) is 84.9 Å². The highest BCUT2D eigenvalue weighted by Gasteiger charge is 2.40. The standard InChI is InChI=1S/C25H26N2O5/c1-31-22-15-18(12-13-21(22)32-16-17-8-4-2-5-9-17)14-20-23(28)26-25(30)27(24(20)29)19-10-6-3-7-11-19/h2,4-5,8-9,12-15,19H,3,6-7,10-11,16H2,1H3,(H,26,28,30)/b20-14+. The van der Waals surface area contributed by atoms with Gasteiger partial charge in [-0.3, -0.25) is 19.8 Å². The first-order chi connectivity index (χ1) is 15.6. The van der Waals surface area contributed by atoms with Gasteiger partial charge in [0, 0.05) is 6.04 Å². The molecule has 2 fully saturated rings. The molecule has 0 unspecified atom stereocenters. The van der Waals surface area contributed by atoms with Crippen LogP contribution in [0.15, 0.2) is 54.1 Å². The normalized spacial score (nSPS) is 18.6. The lowest BCUT2D eigenvalue weighted by atomic mass is 9.93. The van der Waals surface area contributed by atoms with Crippen molar-refractivity contribution < 1.29 is 23.9 Å². The van der Waals surface area contributed by atoms with Crippen molar-refractivity contribution in [2.45, 2.75) is 44.8 Å². The Labute approximate surface area is 187 Å². The molecule has 1 saturated carbocycles.